The van der Waals surface area contributed by atoms with Crippen LogP contribution in [-0.2, 0) is 18.9 Å². The van der Waals surface area contributed by atoms with Crippen LogP contribution in [0.3, 0.4) is 0 Å². The molecule has 6 nitrogen and oxygen atoms in total. The lowest BCUT2D eigenvalue weighted by molar-refractivity contribution is -0.298. The normalized spacial score (nSPS) is 15.8. The summed E-state index contributed by atoms with van der Waals surface area (Å²) in [5.41, 5.74) is -3.35. The molecule has 0 fully saturated rings. The molecule has 0 aliphatic carbocycles. The van der Waals surface area contributed by atoms with Crippen molar-refractivity contribution >= 4 is 0 Å². The van der Waals surface area contributed by atoms with Gasteiger partial charge >= 0.3 is 24.2 Å². The topological polar surface area (TPSA) is 77.4 Å². The van der Waals surface area contributed by atoms with Gasteiger partial charge in [0.05, 0.1) is 52.9 Å². The molecule has 0 aromatic heterocycles. The zero-order valence-electron chi connectivity index (χ0n) is 20.9. The number of aliphatic hydroxyl groups is 2. The van der Waals surface area contributed by atoms with E-state index in [1.54, 1.807) is 13.8 Å². The van der Waals surface area contributed by atoms with Crippen molar-refractivity contribution in [3.8, 4) is 0 Å². The average molecular weight is 637 g/mol. The van der Waals surface area contributed by atoms with Gasteiger partial charge in [-0.3, -0.25) is 0 Å². The molecule has 0 aliphatic heterocycles. The second-order valence-corrected chi connectivity index (χ2v) is 10.5. The van der Waals surface area contributed by atoms with Crippen LogP contribution < -0.4 is 0 Å². The number of ether oxygens (including phenoxy) is 4. The van der Waals surface area contributed by atoms with Gasteiger partial charge in [0.25, 0.3) is 0 Å². The van der Waals surface area contributed by atoms with E-state index in [1.807, 2.05) is 0 Å². The maximum absolute atomic E-state index is 13.0. The van der Waals surface area contributed by atoms with E-state index in [0.717, 1.165) is 0 Å². The third-order valence-corrected chi connectivity index (χ3v) is 4.95. The molecule has 0 radical (unpaired) electrons. The number of hydrogen-bond acceptors (Lipinski definition) is 6. The Hall–Kier alpha value is -0.940. The van der Waals surface area contributed by atoms with Gasteiger partial charge in [-0.1, -0.05) is 57.4 Å². The molecule has 0 bridgehead atoms. The fourth-order valence-corrected chi connectivity index (χ4v) is 2.47. The minimum absolute atomic E-state index is 0. The molecule has 256 valence electrons. The van der Waals surface area contributed by atoms with E-state index >= 15 is 0 Å². The molecule has 16 heteroatoms. The Kier molecular flexibility index (Phi) is 22.6. The summed E-state index contributed by atoms with van der Waals surface area (Å²) in [4.78, 5) is 0. The van der Waals surface area contributed by atoms with Gasteiger partial charge in [-0.15, -0.1) is 0 Å². The molecule has 0 amide bonds. The van der Waals surface area contributed by atoms with Crippen LogP contribution in [0, 0.1) is 16.2 Å². The first-order valence-corrected chi connectivity index (χ1v) is 10.9. The quantitative estimate of drug-likeness (QED) is 0.158. The standard InChI is InChI=1S/C21H34F10O6.4CH4/c1-15(2,7-34-9-16(3,5-32)11-36-13-18(22,23)20(26,27)28)8-35-10-17(4,6-33)12-37-14-19(24,25)21(29,30)31;;;;/h32-33H,5-14H2,1-4H3;4*1H4. The highest BCUT2D eigenvalue weighted by molar-refractivity contribution is 4.80. The van der Waals surface area contributed by atoms with Gasteiger partial charge in [0.15, 0.2) is 0 Å². The molecule has 0 saturated heterocycles. The van der Waals surface area contributed by atoms with E-state index in [1.165, 1.54) is 13.8 Å². The van der Waals surface area contributed by atoms with Crippen LogP contribution in [0.25, 0.3) is 0 Å². The lowest BCUT2D eigenvalue weighted by Gasteiger charge is -2.32. The molecule has 2 unspecified atom stereocenters. The molecule has 0 heterocycles. The Morgan fingerprint density at radius 3 is 0.829 bits per heavy atom. The number of halogens is 10. The van der Waals surface area contributed by atoms with Crippen LogP contribution in [0.15, 0.2) is 0 Å². The van der Waals surface area contributed by atoms with Gasteiger partial charge in [-0.2, -0.15) is 43.9 Å². The number of alkyl halides is 10. The van der Waals surface area contributed by atoms with Crippen LogP contribution in [-0.4, -0.2) is 100 Å². The first-order chi connectivity index (χ1) is 16.4. The largest absolute Gasteiger partial charge is 0.455 e. The van der Waals surface area contributed by atoms with Crippen LogP contribution in [0.1, 0.15) is 57.4 Å². The molecule has 0 aliphatic rings. The Morgan fingerprint density at radius 2 is 0.634 bits per heavy atom. The maximum Gasteiger partial charge on any atom is 0.455 e. The predicted octanol–water partition coefficient (Wildman–Crippen LogP) is 7.02. The third-order valence-electron chi connectivity index (χ3n) is 4.95. The average Bonchev–Trinajstić information content (AvgIpc) is 2.71. The molecule has 0 rings (SSSR count). The minimum atomic E-state index is -5.78. The summed E-state index contributed by atoms with van der Waals surface area (Å²) in [7, 11) is 0. The second-order valence-electron chi connectivity index (χ2n) is 10.5. The monoisotopic (exact) mass is 636 g/mol. The van der Waals surface area contributed by atoms with Gasteiger partial charge in [-0.25, -0.2) is 0 Å². The van der Waals surface area contributed by atoms with Crippen LogP contribution in [0.2, 0.25) is 0 Å². The molecule has 2 N–H and O–H groups in total. The fourth-order valence-electron chi connectivity index (χ4n) is 2.47. The molecule has 0 saturated carbocycles. The lowest BCUT2D eigenvalue weighted by Crippen LogP contribution is -2.43. The highest BCUT2D eigenvalue weighted by Gasteiger charge is 2.58. The van der Waals surface area contributed by atoms with E-state index in [4.69, 9.17) is 9.47 Å². The molecule has 0 aromatic rings. The van der Waals surface area contributed by atoms with E-state index < -0.39 is 80.1 Å². The summed E-state index contributed by atoms with van der Waals surface area (Å²) in [5.74, 6) is -10.1. The van der Waals surface area contributed by atoms with Gasteiger partial charge in [0.1, 0.15) is 13.2 Å². The molecule has 2 atom stereocenters. The number of rotatable bonds is 18. The molecule has 0 aromatic carbocycles. The van der Waals surface area contributed by atoms with E-state index in [0.29, 0.717) is 0 Å². The summed E-state index contributed by atoms with van der Waals surface area (Å²) >= 11 is 0. The van der Waals surface area contributed by atoms with Crippen LogP contribution in [0.5, 0.6) is 0 Å². The summed E-state index contributed by atoms with van der Waals surface area (Å²) in [6, 6.07) is 0. The molecule has 41 heavy (non-hydrogen) atoms. The summed E-state index contributed by atoms with van der Waals surface area (Å²) in [6.45, 7) is -1.12. The maximum atomic E-state index is 13.0. The SMILES string of the molecule is C.C.C.C.CC(C)(COCC(C)(CO)COCC(F)(F)C(F)(F)F)COCC(C)(CO)COCC(F)(F)C(F)(F)F. The fraction of sp³-hybridized carbons (Fsp3) is 1.00. The van der Waals surface area contributed by atoms with Gasteiger partial charge in [0.2, 0.25) is 0 Å². The van der Waals surface area contributed by atoms with Crippen molar-refractivity contribution in [2.75, 3.05) is 66.1 Å². The lowest BCUT2D eigenvalue weighted by atomic mass is 9.92. The van der Waals surface area contributed by atoms with Crippen molar-refractivity contribution in [1.82, 2.24) is 0 Å². The van der Waals surface area contributed by atoms with Gasteiger partial charge < -0.3 is 29.2 Å². The first-order valence-electron chi connectivity index (χ1n) is 10.9. The smallest absolute Gasteiger partial charge is 0.396 e. The first kappa shape index (κ1) is 49.7. The number of hydrogen-bond donors (Lipinski definition) is 2. The Balaban J connectivity index is -0.00000108. The Labute approximate surface area is 237 Å². The van der Waals surface area contributed by atoms with Crippen LogP contribution >= 0.6 is 0 Å². The van der Waals surface area contributed by atoms with E-state index in [9.17, 15) is 54.1 Å². The molecule has 0 spiro atoms. The van der Waals surface area contributed by atoms with Crippen molar-refractivity contribution in [2.45, 2.75) is 81.6 Å². The zero-order valence-corrected chi connectivity index (χ0v) is 20.9. The third kappa shape index (κ3) is 17.7. The summed E-state index contributed by atoms with van der Waals surface area (Å²) < 4.78 is 145. The second kappa shape index (κ2) is 18.7. The van der Waals surface area contributed by atoms with E-state index in [-0.39, 0.29) is 56.1 Å². The Bertz CT molecular complexity index is 620. The minimum Gasteiger partial charge on any atom is -0.396 e. The van der Waals surface area contributed by atoms with Crippen molar-refractivity contribution in [3.63, 3.8) is 0 Å². The van der Waals surface area contributed by atoms with Crippen molar-refractivity contribution < 1.29 is 73.1 Å². The highest BCUT2D eigenvalue weighted by Crippen LogP contribution is 2.37. The summed E-state index contributed by atoms with van der Waals surface area (Å²) in [5, 5.41) is 19.0. The summed E-state index contributed by atoms with van der Waals surface area (Å²) in [6.07, 6.45) is -11.6. The Morgan fingerprint density at radius 1 is 0.415 bits per heavy atom. The van der Waals surface area contributed by atoms with Crippen molar-refractivity contribution in [2.24, 2.45) is 16.2 Å². The van der Waals surface area contributed by atoms with Crippen LogP contribution in [0.4, 0.5) is 43.9 Å². The molecular weight excluding hydrogens is 586 g/mol. The predicted molar refractivity (Wildman–Crippen MR) is 136 cm³/mol. The van der Waals surface area contributed by atoms with Gasteiger partial charge in [-0.05, 0) is 0 Å². The van der Waals surface area contributed by atoms with Gasteiger partial charge in [0, 0.05) is 16.2 Å². The van der Waals surface area contributed by atoms with Crippen molar-refractivity contribution in [3.05, 3.63) is 0 Å². The van der Waals surface area contributed by atoms with Crippen molar-refractivity contribution in [1.29, 1.82) is 0 Å². The number of aliphatic hydroxyl groups excluding tert-OH is 2. The highest BCUT2D eigenvalue weighted by atomic mass is 19.4. The van der Waals surface area contributed by atoms with E-state index in [2.05, 4.69) is 9.47 Å². The molecular formula is C25H50F10O6. The zero-order chi connectivity index (χ0) is 29.4.